The fourth-order valence-electron chi connectivity index (χ4n) is 2.46. The molecule has 0 fully saturated rings. The van der Waals surface area contributed by atoms with Crippen LogP contribution in [0.2, 0.25) is 0 Å². The zero-order valence-electron chi connectivity index (χ0n) is 11.9. The number of benzene rings is 1. The summed E-state index contributed by atoms with van der Waals surface area (Å²) >= 11 is 0. The minimum Gasteiger partial charge on any atom is -0.496 e. The molecule has 0 aliphatic heterocycles. The predicted octanol–water partition coefficient (Wildman–Crippen LogP) is 3.30. The van der Waals surface area contributed by atoms with Crippen molar-refractivity contribution < 1.29 is 14.3 Å². The normalized spacial score (nSPS) is 12.8. The molecule has 1 aliphatic carbocycles. The molecule has 0 aromatic heterocycles. The van der Waals surface area contributed by atoms with Crippen LogP contribution in [0.5, 0.6) is 5.75 Å². The van der Waals surface area contributed by atoms with Crippen LogP contribution in [0.25, 0.3) is 5.57 Å². The van der Waals surface area contributed by atoms with Gasteiger partial charge in [-0.25, -0.2) is 4.79 Å². The lowest BCUT2D eigenvalue weighted by atomic mass is 9.86. The van der Waals surface area contributed by atoms with Crippen molar-refractivity contribution >= 4 is 11.5 Å². The number of esters is 1. The van der Waals surface area contributed by atoms with Gasteiger partial charge in [-0.1, -0.05) is 24.8 Å². The van der Waals surface area contributed by atoms with Crippen LogP contribution in [-0.4, -0.2) is 19.7 Å². The topological polar surface area (TPSA) is 35.5 Å². The van der Waals surface area contributed by atoms with Crippen molar-refractivity contribution in [2.75, 3.05) is 13.7 Å². The molecule has 104 valence electrons. The molecular formula is C17H18O3. The number of rotatable bonds is 4. The molecule has 0 heterocycles. The highest BCUT2D eigenvalue weighted by atomic mass is 16.5. The van der Waals surface area contributed by atoms with Crippen LogP contribution < -0.4 is 4.74 Å². The molecule has 0 saturated heterocycles. The van der Waals surface area contributed by atoms with E-state index in [0.717, 1.165) is 35.3 Å². The van der Waals surface area contributed by atoms with Gasteiger partial charge >= 0.3 is 5.97 Å². The molecule has 0 N–H and O–H groups in total. The second kappa shape index (κ2) is 6.27. The van der Waals surface area contributed by atoms with Gasteiger partial charge in [-0.15, -0.1) is 5.73 Å². The maximum absolute atomic E-state index is 12.0. The third kappa shape index (κ3) is 2.54. The summed E-state index contributed by atoms with van der Waals surface area (Å²) in [5, 5.41) is 0. The average molecular weight is 270 g/mol. The number of fused-ring (bicyclic) bond motifs is 1. The van der Waals surface area contributed by atoms with E-state index in [-0.39, 0.29) is 5.97 Å². The number of methoxy groups -OCH3 is 1. The highest BCUT2D eigenvalue weighted by Gasteiger charge is 2.23. The van der Waals surface area contributed by atoms with E-state index in [4.69, 9.17) is 9.47 Å². The molecule has 0 amide bonds. The Morgan fingerprint density at radius 2 is 2.25 bits per heavy atom. The van der Waals surface area contributed by atoms with E-state index in [1.807, 2.05) is 24.3 Å². The van der Waals surface area contributed by atoms with E-state index in [1.165, 1.54) is 0 Å². The summed E-state index contributed by atoms with van der Waals surface area (Å²) in [5.41, 5.74) is 6.05. The van der Waals surface area contributed by atoms with E-state index in [9.17, 15) is 4.79 Å². The second-order valence-electron chi connectivity index (χ2n) is 4.42. The Hall–Kier alpha value is -2.25. The van der Waals surface area contributed by atoms with Crippen molar-refractivity contribution in [2.45, 2.75) is 19.8 Å². The van der Waals surface area contributed by atoms with E-state index < -0.39 is 0 Å². The Labute approximate surface area is 119 Å². The minimum absolute atomic E-state index is 0.336. The molecule has 3 heteroatoms. The summed E-state index contributed by atoms with van der Waals surface area (Å²) in [6, 6.07) is 5.84. The smallest absolute Gasteiger partial charge is 0.346 e. The first-order valence-electron chi connectivity index (χ1n) is 6.66. The summed E-state index contributed by atoms with van der Waals surface area (Å²) < 4.78 is 10.5. The summed E-state index contributed by atoms with van der Waals surface area (Å²) in [6.45, 7) is 5.74. The van der Waals surface area contributed by atoms with E-state index in [0.29, 0.717) is 12.2 Å². The maximum Gasteiger partial charge on any atom is 0.346 e. The van der Waals surface area contributed by atoms with Crippen LogP contribution in [0.1, 0.15) is 24.5 Å². The standard InChI is InChI=1S/C17H18O3/c1-4-12(17(18)20-5-2)13-8-6-10-15-14(13)9-7-11-16(15)19-3/h7-9,11H,1,5-6,10H2,2-3H3. The van der Waals surface area contributed by atoms with Gasteiger partial charge < -0.3 is 9.47 Å². The summed E-state index contributed by atoms with van der Waals surface area (Å²) in [6.07, 6.45) is 3.79. The molecule has 0 unspecified atom stereocenters. The fourth-order valence-corrected chi connectivity index (χ4v) is 2.46. The van der Waals surface area contributed by atoms with Crippen molar-refractivity contribution in [2.24, 2.45) is 0 Å². The molecule has 0 spiro atoms. The monoisotopic (exact) mass is 270 g/mol. The lowest BCUT2D eigenvalue weighted by Crippen LogP contribution is -2.12. The van der Waals surface area contributed by atoms with Gasteiger partial charge in [-0.3, -0.25) is 0 Å². The van der Waals surface area contributed by atoms with Crippen LogP contribution in [0.3, 0.4) is 0 Å². The van der Waals surface area contributed by atoms with Gasteiger partial charge in [0.15, 0.2) is 0 Å². The third-order valence-electron chi connectivity index (χ3n) is 3.31. The largest absolute Gasteiger partial charge is 0.496 e. The Morgan fingerprint density at radius 3 is 2.90 bits per heavy atom. The average Bonchev–Trinajstić information content (AvgIpc) is 2.48. The lowest BCUT2D eigenvalue weighted by molar-refractivity contribution is -0.137. The number of hydrogen-bond acceptors (Lipinski definition) is 3. The number of allylic oxidation sites excluding steroid dienone is 1. The molecule has 3 nitrogen and oxygen atoms in total. The number of hydrogen-bond donors (Lipinski definition) is 0. The first kappa shape index (κ1) is 14.2. The Balaban J connectivity index is 2.48. The second-order valence-corrected chi connectivity index (χ2v) is 4.42. The third-order valence-corrected chi connectivity index (χ3v) is 3.31. The van der Waals surface area contributed by atoms with Crippen LogP contribution in [-0.2, 0) is 16.0 Å². The highest BCUT2D eigenvalue weighted by Crippen LogP contribution is 2.36. The number of carbonyl (C=O) groups is 1. The van der Waals surface area contributed by atoms with E-state index in [1.54, 1.807) is 14.0 Å². The van der Waals surface area contributed by atoms with Crippen molar-refractivity contribution in [3.05, 3.63) is 53.3 Å². The molecule has 2 rings (SSSR count). The molecule has 20 heavy (non-hydrogen) atoms. The number of carbonyl (C=O) groups excluding carboxylic acids is 1. The Kier molecular flexibility index (Phi) is 4.44. The molecule has 0 saturated carbocycles. The van der Waals surface area contributed by atoms with Gasteiger partial charge in [0.25, 0.3) is 0 Å². The first-order valence-corrected chi connectivity index (χ1v) is 6.66. The van der Waals surface area contributed by atoms with Crippen LogP contribution in [0.15, 0.2) is 42.2 Å². The van der Waals surface area contributed by atoms with Gasteiger partial charge in [0, 0.05) is 11.1 Å². The maximum atomic E-state index is 12.0. The molecule has 0 radical (unpaired) electrons. The fraction of sp³-hybridized carbons (Fsp3) is 0.294. The molecule has 0 bridgehead atoms. The molecule has 0 atom stereocenters. The predicted molar refractivity (Wildman–Crippen MR) is 78.6 cm³/mol. The lowest BCUT2D eigenvalue weighted by Gasteiger charge is -2.20. The van der Waals surface area contributed by atoms with Gasteiger partial charge in [-0.2, -0.15) is 0 Å². The summed E-state index contributed by atoms with van der Waals surface area (Å²) in [7, 11) is 1.66. The van der Waals surface area contributed by atoms with Crippen molar-refractivity contribution in [3.8, 4) is 5.75 Å². The Morgan fingerprint density at radius 1 is 1.45 bits per heavy atom. The van der Waals surface area contributed by atoms with Crippen LogP contribution in [0, 0.1) is 0 Å². The number of ether oxygens (including phenoxy) is 2. The molecular weight excluding hydrogens is 252 g/mol. The highest BCUT2D eigenvalue weighted by molar-refractivity contribution is 6.06. The van der Waals surface area contributed by atoms with Crippen molar-refractivity contribution in [3.63, 3.8) is 0 Å². The zero-order valence-corrected chi connectivity index (χ0v) is 11.9. The van der Waals surface area contributed by atoms with E-state index >= 15 is 0 Å². The van der Waals surface area contributed by atoms with Gasteiger partial charge in [-0.05, 0) is 31.4 Å². The minimum atomic E-state index is -0.385. The van der Waals surface area contributed by atoms with Crippen LogP contribution >= 0.6 is 0 Å². The molecule has 1 aromatic carbocycles. The Bertz CT molecular complexity index is 605. The SMILES string of the molecule is C=C=C(C(=O)OCC)C1=CCCc2c(OC)cccc21. The quantitative estimate of drug-likeness (QED) is 0.478. The van der Waals surface area contributed by atoms with Gasteiger partial charge in [0.05, 0.1) is 13.7 Å². The van der Waals surface area contributed by atoms with E-state index in [2.05, 4.69) is 12.3 Å². The molecule has 1 aliphatic rings. The van der Waals surface area contributed by atoms with Crippen molar-refractivity contribution in [1.82, 2.24) is 0 Å². The van der Waals surface area contributed by atoms with Crippen LogP contribution in [0.4, 0.5) is 0 Å². The van der Waals surface area contributed by atoms with Gasteiger partial charge in [0.2, 0.25) is 0 Å². The van der Waals surface area contributed by atoms with Crippen molar-refractivity contribution in [1.29, 1.82) is 0 Å². The zero-order chi connectivity index (χ0) is 14.5. The summed E-state index contributed by atoms with van der Waals surface area (Å²) in [4.78, 5) is 12.0. The first-order chi connectivity index (χ1) is 9.72. The van der Waals surface area contributed by atoms with Gasteiger partial charge in [0.1, 0.15) is 11.3 Å². The summed E-state index contributed by atoms with van der Waals surface area (Å²) in [5.74, 6) is 0.463. The molecule has 1 aromatic rings.